The molecule has 0 fully saturated rings. The molecule has 0 radical (unpaired) electrons. The van der Waals surface area contributed by atoms with E-state index in [0.29, 0.717) is 10.2 Å². The van der Waals surface area contributed by atoms with Crippen LogP contribution in [0, 0.1) is 13.8 Å². The molecule has 29 heavy (non-hydrogen) atoms. The van der Waals surface area contributed by atoms with Gasteiger partial charge in [0.25, 0.3) is 15.9 Å². The van der Waals surface area contributed by atoms with Crippen LogP contribution in [0.15, 0.2) is 47.4 Å². The lowest BCUT2D eigenvalue weighted by Gasteiger charge is -2.16. The molecule has 2 rings (SSSR count). The second-order valence-corrected chi connectivity index (χ2v) is 8.42. The zero-order valence-electron chi connectivity index (χ0n) is 16.9. The van der Waals surface area contributed by atoms with Gasteiger partial charge in [0.1, 0.15) is 0 Å². The average Bonchev–Trinajstić information content (AvgIpc) is 2.69. The lowest BCUT2D eigenvalue weighted by Crippen LogP contribution is -2.30. The van der Waals surface area contributed by atoms with Crippen molar-refractivity contribution < 1.29 is 27.6 Å². The molecule has 9 heteroatoms. The summed E-state index contributed by atoms with van der Waals surface area (Å²) in [6.07, 6.45) is -1.08. The number of benzene rings is 2. The first-order valence-electron chi connectivity index (χ1n) is 8.78. The number of carbonyl (C=O) groups is 2. The van der Waals surface area contributed by atoms with Crippen molar-refractivity contribution in [2.75, 3.05) is 19.5 Å². The molecular formula is C20H24N2O6S. The molecule has 0 aromatic heterocycles. The molecule has 1 N–H and O–H groups in total. The quantitative estimate of drug-likeness (QED) is 0.546. The minimum absolute atomic E-state index is 0.00182. The predicted molar refractivity (Wildman–Crippen MR) is 108 cm³/mol. The van der Waals surface area contributed by atoms with Crippen molar-refractivity contribution >= 4 is 27.6 Å². The molecule has 1 unspecified atom stereocenters. The molecule has 0 aliphatic rings. The van der Waals surface area contributed by atoms with E-state index in [-0.39, 0.29) is 10.5 Å². The van der Waals surface area contributed by atoms with Crippen LogP contribution in [-0.2, 0) is 24.4 Å². The van der Waals surface area contributed by atoms with E-state index in [0.717, 1.165) is 11.1 Å². The fourth-order valence-electron chi connectivity index (χ4n) is 2.42. The third-order valence-corrected chi connectivity index (χ3v) is 5.94. The number of carbonyl (C=O) groups excluding carboxylic acids is 2. The van der Waals surface area contributed by atoms with Crippen molar-refractivity contribution in [3.8, 4) is 0 Å². The van der Waals surface area contributed by atoms with E-state index in [1.807, 2.05) is 32.0 Å². The standard InChI is InChI=1S/C20H24N2O6S/c1-13-9-10-14(2)18(11-13)21-19(23)15(3)28-20(24)16-7-6-8-17(12-16)29(25,26)22(4)27-5/h6-12,15H,1-5H3,(H,21,23). The van der Waals surface area contributed by atoms with E-state index in [1.54, 1.807) is 0 Å². The van der Waals surface area contributed by atoms with Crippen LogP contribution in [-0.4, -0.2) is 45.0 Å². The normalized spacial score (nSPS) is 12.5. The Bertz CT molecular complexity index is 1020. The number of rotatable bonds is 7. The maximum Gasteiger partial charge on any atom is 0.338 e. The number of aryl methyl sites for hydroxylation is 2. The fraction of sp³-hybridized carbons (Fsp3) is 0.300. The SMILES string of the molecule is CON(C)S(=O)(=O)c1cccc(C(=O)OC(C)C(=O)Nc2cc(C)ccc2C)c1. The van der Waals surface area contributed by atoms with Crippen LogP contribution < -0.4 is 5.32 Å². The Labute approximate surface area is 170 Å². The Hall–Kier alpha value is -2.75. The van der Waals surface area contributed by atoms with Crippen molar-refractivity contribution in [1.29, 1.82) is 0 Å². The minimum Gasteiger partial charge on any atom is -0.449 e. The van der Waals surface area contributed by atoms with Crippen LogP contribution in [0.25, 0.3) is 0 Å². The predicted octanol–water partition coefficient (Wildman–Crippen LogP) is 2.67. The summed E-state index contributed by atoms with van der Waals surface area (Å²) in [6.45, 7) is 5.20. The highest BCUT2D eigenvalue weighted by atomic mass is 32.2. The second-order valence-electron chi connectivity index (χ2n) is 6.48. The summed E-state index contributed by atoms with van der Waals surface area (Å²) < 4.78 is 30.5. The fourth-order valence-corrected chi connectivity index (χ4v) is 3.44. The van der Waals surface area contributed by atoms with Crippen molar-refractivity contribution in [2.24, 2.45) is 0 Å². The number of hydrogen-bond acceptors (Lipinski definition) is 6. The molecule has 1 atom stereocenters. The molecule has 0 heterocycles. The Morgan fingerprint density at radius 3 is 2.45 bits per heavy atom. The van der Waals surface area contributed by atoms with Crippen molar-refractivity contribution in [3.63, 3.8) is 0 Å². The number of ether oxygens (including phenoxy) is 1. The molecule has 2 aromatic carbocycles. The van der Waals surface area contributed by atoms with Gasteiger partial charge in [0.05, 0.1) is 17.6 Å². The van der Waals surface area contributed by atoms with E-state index in [1.165, 1.54) is 45.3 Å². The summed E-state index contributed by atoms with van der Waals surface area (Å²) in [7, 11) is -1.47. The third-order valence-electron chi connectivity index (χ3n) is 4.27. The lowest BCUT2D eigenvalue weighted by atomic mass is 10.1. The van der Waals surface area contributed by atoms with Gasteiger partial charge in [-0.2, -0.15) is 0 Å². The molecule has 0 spiro atoms. The average molecular weight is 420 g/mol. The summed E-state index contributed by atoms with van der Waals surface area (Å²) in [6, 6.07) is 10.9. The number of anilines is 1. The summed E-state index contributed by atoms with van der Waals surface area (Å²) in [5, 5.41) is 2.73. The smallest absolute Gasteiger partial charge is 0.338 e. The molecule has 156 valence electrons. The number of amides is 1. The van der Waals surface area contributed by atoms with Crippen molar-refractivity contribution in [2.45, 2.75) is 31.8 Å². The topological polar surface area (TPSA) is 102 Å². The molecule has 0 saturated heterocycles. The summed E-state index contributed by atoms with van der Waals surface area (Å²) in [5.74, 6) is -1.30. The first-order chi connectivity index (χ1) is 13.6. The van der Waals surface area contributed by atoms with E-state index < -0.39 is 28.0 Å². The van der Waals surface area contributed by atoms with Crippen LogP contribution in [0.5, 0.6) is 0 Å². The number of esters is 1. The molecule has 2 aromatic rings. The van der Waals surface area contributed by atoms with Gasteiger partial charge in [0.15, 0.2) is 6.10 Å². The van der Waals surface area contributed by atoms with Gasteiger partial charge in [-0.1, -0.05) is 22.7 Å². The van der Waals surface area contributed by atoms with Crippen molar-refractivity contribution in [1.82, 2.24) is 4.47 Å². The van der Waals surface area contributed by atoms with Gasteiger partial charge < -0.3 is 10.1 Å². The van der Waals surface area contributed by atoms with E-state index in [4.69, 9.17) is 9.57 Å². The van der Waals surface area contributed by atoms with Crippen LogP contribution in [0.3, 0.4) is 0 Å². The monoisotopic (exact) mass is 420 g/mol. The Morgan fingerprint density at radius 1 is 1.10 bits per heavy atom. The minimum atomic E-state index is -3.92. The molecule has 8 nitrogen and oxygen atoms in total. The van der Waals surface area contributed by atoms with Crippen LogP contribution in [0.4, 0.5) is 5.69 Å². The highest BCUT2D eigenvalue weighted by molar-refractivity contribution is 7.89. The summed E-state index contributed by atoms with van der Waals surface area (Å²) in [5.41, 5.74) is 2.49. The first-order valence-corrected chi connectivity index (χ1v) is 10.2. The zero-order chi connectivity index (χ0) is 21.8. The maximum atomic E-state index is 12.4. The van der Waals surface area contributed by atoms with Gasteiger partial charge in [0, 0.05) is 12.7 Å². The van der Waals surface area contributed by atoms with Crippen LogP contribution in [0.2, 0.25) is 0 Å². The van der Waals surface area contributed by atoms with Gasteiger partial charge in [-0.25, -0.2) is 13.2 Å². The Morgan fingerprint density at radius 2 is 1.79 bits per heavy atom. The zero-order valence-corrected chi connectivity index (χ0v) is 17.7. The second kappa shape index (κ2) is 9.17. The maximum absolute atomic E-state index is 12.4. The largest absolute Gasteiger partial charge is 0.449 e. The summed E-state index contributed by atoms with van der Waals surface area (Å²) in [4.78, 5) is 29.4. The number of sulfonamides is 1. The molecular weight excluding hydrogens is 396 g/mol. The molecule has 1 amide bonds. The molecule has 0 aliphatic carbocycles. The highest BCUT2D eigenvalue weighted by Crippen LogP contribution is 2.19. The number of nitrogens with one attached hydrogen (secondary N) is 1. The summed E-state index contributed by atoms with van der Waals surface area (Å²) >= 11 is 0. The highest BCUT2D eigenvalue weighted by Gasteiger charge is 2.24. The Kier molecular flexibility index (Phi) is 7.12. The number of nitrogens with zero attached hydrogens (tertiary/aromatic N) is 1. The molecule has 0 bridgehead atoms. The van der Waals surface area contributed by atoms with E-state index in [2.05, 4.69) is 5.32 Å². The van der Waals surface area contributed by atoms with Crippen LogP contribution >= 0.6 is 0 Å². The number of hydrogen-bond donors (Lipinski definition) is 1. The van der Waals surface area contributed by atoms with E-state index in [9.17, 15) is 18.0 Å². The van der Waals surface area contributed by atoms with Gasteiger partial charge in [-0.15, -0.1) is 0 Å². The van der Waals surface area contributed by atoms with Gasteiger partial charge in [-0.05, 0) is 56.2 Å². The third kappa shape index (κ3) is 5.41. The lowest BCUT2D eigenvalue weighted by molar-refractivity contribution is -0.123. The van der Waals surface area contributed by atoms with Gasteiger partial charge in [-0.3, -0.25) is 9.63 Å². The number of hydroxylamine groups is 1. The Balaban J connectivity index is 2.12. The molecule has 0 saturated carbocycles. The molecule has 0 aliphatic heterocycles. The van der Waals surface area contributed by atoms with Crippen molar-refractivity contribution in [3.05, 3.63) is 59.2 Å². The van der Waals surface area contributed by atoms with Gasteiger partial charge >= 0.3 is 5.97 Å². The van der Waals surface area contributed by atoms with E-state index >= 15 is 0 Å². The van der Waals surface area contributed by atoms with Crippen LogP contribution in [0.1, 0.15) is 28.4 Å². The van der Waals surface area contributed by atoms with Gasteiger partial charge in [0.2, 0.25) is 0 Å². The first kappa shape index (κ1) is 22.5.